The molecule has 230 valence electrons. The predicted octanol–water partition coefficient (Wildman–Crippen LogP) is 6.06. The molecule has 0 aliphatic carbocycles. The number of nitro groups is 1. The van der Waals surface area contributed by atoms with Gasteiger partial charge in [-0.1, -0.05) is 30.3 Å². The molecular weight excluding hydrogens is 596 g/mol. The lowest BCUT2D eigenvalue weighted by molar-refractivity contribution is -0.384. The molecule has 45 heavy (non-hydrogen) atoms. The summed E-state index contributed by atoms with van der Waals surface area (Å²) in [6.45, 7) is 1.74. The first-order valence-electron chi connectivity index (χ1n) is 13.6. The van der Waals surface area contributed by atoms with Gasteiger partial charge in [-0.3, -0.25) is 24.5 Å². The van der Waals surface area contributed by atoms with Crippen LogP contribution in [0.5, 0.6) is 11.5 Å². The highest BCUT2D eigenvalue weighted by atomic mass is 32.2. The molecule has 4 aromatic carbocycles. The maximum absolute atomic E-state index is 13.5. The van der Waals surface area contributed by atoms with Crippen molar-refractivity contribution >= 4 is 52.6 Å². The molecule has 0 unspecified atom stereocenters. The molecule has 0 fully saturated rings. The number of non-ortho nitro benzene ring substituents is 1. The largest absolute Gasteiger partial charge is 0.497 e. The molecule has 0 aromatic heterocycles. The van der Waals surface area contributed by atoms with Crippen LogP contribution in [-0.4, -0.2) is 42.6 Å². The molecule has 12 heteroatoms. The summed E-state index contributed by atoms with van der Waals surface area (Å²) in [6, 6.07) is 24.7. The van der Waals surface area contributed by atoms with Crippen molar-refractivity contribution < 1.29 is 28.8 Å². The van der Waals surface area contributed by atoms with Crippen molar-refractivity contribution in [3.05, 3.63) is 123 Å². The Morgan fingerprint density at radius 3 is 2.38 bits per heavy atom. The van der Waals surface area contributed by atoms with E-state index in [-0.39, 0.29) is 23.0 Å². The van der Waals surface area contributed by atoms with E-state index in [1.807, 2.05) is 0 Å². The zero-order valence-electron chi connectivity index (χ0n) is 24.7. The number of nitrogens with zero attached hydrogens (tertiary/aromatic N) is 1. The molecule has 0 saturated carbocycles. The summed E-state index contributed by atoms with van der Waals surface area (Å²) in [5, 5.41) is 19.3. The first-order valence-corrected chi connectivity index (χ1v) is 14.5. The van der Waals surface area contributed by atoms with Crippen LogP contribution < -0.4 is 25.4 Å². The van der Waals surface area contributed by atoms with E-state index in [2.05, 4.69) is 16.0 Å². The summed E-state index contributed by atoms with van der Waals surface area (Å²) in [4.78, 5) is 50.5. The molecule has 3 amide bonds. The van der Waals surface area contributed by atoms with Gasteiger partial charge in [0.2, 0.25) is 5.91 Å². The minimum absolute atomic E-state index is 0.0213. The number of carbonyl (C=O) groups is 3. The van der Waals surface area contributed by atoms with E-state index in [4.69, 9.17) is 9.47 Å². The topological polar surface area (TPSA) is 149 Å². The minimum Gasteiger partial charge on any atom is -0.497 e. The Balaban J connectivity index is 1.51. The molecule has 0 aliphatic heterocycles. The second-order valence-corrected chi connectivity index (χ2v) is 10.6. The number of carbonyl (C=O) groups excluding carboxylic acids is 3. The summed E-state index contributed by atoms with van der Waals surface area (Å²) in [5.74, 6) is -0.400. The lowest BCUT2D eigenvalue weighted by Gasteiger charge is -2.14. The van der Waals surface area contributed by atoms with Crippen molar-refractivity contribution in [2.24, 2.45) is 0 Å². The number of thioether (sulfide) groups is 1. The van der Waals surface area contributed by atoms with Crippen molar-refractivity contribution in [2.75, 3.05) is 30.6 Å². The summed E-state index contributed by atoms with van der Waals surface area (Å²) < 4.78 is 10.8. The molecule has 0 bridgehead atoms. The van der Waals surface area contributed by atoms with Gasteiger partial charge in [-0.2, -0.15) is 0 Å². The highest BCUT2D eigenvalue weighted by molar-refractivity contribution is 8.00. The first-order chi connectivity index (χ1) is 21.7. The van der Waals surface area contributed by atoms with Crippen LogP contribution in [0, 0.1) is 17.0 Å². The Labute approximate surface area is 263 Å². The lowest BCUT2D eigenvalue weighted by atomic mass is 10.1. The van der Waals surface area contributed by atoms with Crippen LogP contribution in [0.15, 0.2) is 102 Å². The van der Waals surface area contributed by atoms with Gasteiger partial charge in [0.05, 0.1) is 30.6 Å². The number of aryl methyl sites for hydroxylation is 1. The van der Waals surface area contributed by atoms with Crippen molar-refractivity contribution in [3.8, 4) is 11.5 Å². The number of nitro benzene ring substituents is 1. The van der Waals surface area contributed by atoms with Crippen molar-refractivity contribution in [1.82, 2.24) is 5.32 Å². The normalized spacial score (nSPS) is 10.9. The fourth-order valence-electron chi connectivity index (χ4n) is 4.11. The molecule has 11 nitrogen and oxygen atoms in total. The molecule has 0 aliphatic rings. The van der Waals surface area contributed by atoms with Gasteiger partial charge in [-0.05, 0) is 67.1 Å². The Hall–Kier alpha value is -5.62. The maximum Gasteiger partial charge on any atom is 0.272 e. The van der Waals surface area contributed by atoms with Crippen LogP contribution in [0.2, 0.25) is 0 Å². The minimum atomic E-state index is -0.592. The maximum atomic E-state index is 13.5. The molecule has 0 atom stereocenters. The Morgan fingerprint density at radius 2 is 1.67 bits per heavy atom. The van der Waals surface area contributed by atoms with E-state index in [0.29, 0.717) is 44.5 Å². The van der Waals surface area contributed by atoms with E-state index in [1.165, 1.54) is 44.2 Å². The molecule has 4 rings (SSSR count). The van der Waals surface area contributed by atoms with Crippen LogP contribution >= 0.6 is 11.8 Å². The number of ether oxygens (including phenoxy) is 2. The van der Waals surface area contributed by atoms with Gasteiger partial charge < -0.3 is 25.4 Å². The molecule has 0 saturated heterocycles. The SMILES string of the molecule is COc1ccc(OC)c(/C=C(/NC(=O)c2ccccc2)C(=O)Nc2cccc(SCC(=O)Nc3cc([N+](=O)[O-])ccc3C)c2)c1. The first kappa shape index (κ1) is 32.3. The fourth-order valence-corrected chi connectivity index (χ4v) is 4.86. The second-order valence-electron chi connectivity index (χ2n) is 9.56. The number of methoxy groups -OCH3 is 2. The van der Waals surface area contributed by atoms with Crippen LogP contribution in [0.3, 0.4) is 0 Å². The highest BCUT2D eigenvalue weighted by Gasteiger charge is 2.17. The number of anilines is 2. The third kappa shape index (κ3) is 8.94. The van der Waals surface area contributed by atoms with Gasteiger partial charge in [-0.15, -0.1) is 11.8 Å². The Morgan fingerprint density at radius 1 is 0.889 bits per heavy atom. The summed E-state index contributed by atoms with van der Waals surface area (Å²) in [5.41, 5.74) is 2.19. The van der Waals surface area contributed by atoms with Gasteiger partial charge in [0, 0.05) is 33.8 Å². The average Bonchev–Trinajstić information content (AvgIpc) is 3.04. The third-order valence-electron chi connectivity index (χ3n) is 6.43. The van der Waals surface area contributed by atoms with Gasteiger partial charge in [0.15, 0.2) is 0 Å². The molecule has 3 N–H and O–H groups in total. The van der Waals surface area contributed by atoms with Crippen LogP contribution in [0.4, 0.5) is 17.1 Å². The summed E-state index contributed by atoms with van der Waals surface area (Å²) in [6.07, 6.45) is 1.50. The predicted molar refractivity (Wildman–Crippen MR) is 174 cm³/mol. The van der Waals surface area contributed by atoms with Crippen LogP contribution in [0.1, 0.15) is 21.5 Å². The van der Waals surface area contributed by atoms with Gasteiger partial charge >= 0.3 is 0 Å². The summed E-state index contributed by atoms with van der Waals surface area (Å²) in [7, 11) is 3.01. The number of hydrogen-bond donors (Lipinski definition) is 3. The fraction of sp³-hybridized carbons (Fsp3) is 0.121. The number of amides is 3. The third-order valence-corrected chi connectivity index (χ3v) is 7.43. The van der Waals surface area contributed by atoms with Crippen molar-refractivity contribution in [3.63, 3.8) is 0 Å². The Bertz CT molecular complexity index is 1760. The monoisotopic (exact) mass is 626 g/mol. The second kappa shape index (κ2) is 15.2. The van der Waals surface area contributed by atoms with E-state index in [1.54, 1.807) is 85.8 Å². The van der Waals surface area contributed by atoms with E-state index in [9.17, 15) is 24.5 Å². The summed E-state index contributed by atoms with van der Waals surface area (Å²) >= 11 is 1.22. The molecule has 0 heterocycles. The van der Waals surface area contributed by atoms with Crippen molar-refractivity contribution in [1.29, 1.82) is 0 Å². The van der Waals surface area contributed by atoms with Crippen molar-refractivity contribution in [2.45, 2.75) is 11.8 Å². The zero-order chi connectivity index (χ0) is 32.3. The standard InChI is InChI=1S/C33H30N4O7S/c1-21-12-13-25(37(41)42)19-28(21)35-31(38)20-45-27-11-7-10-24(18-27)34-33(40)29(36-32(39)22-8-5-4-6-9-22)17-23-16-26(43-2)14-15-30(23)44-3/h4-19H,20H2,1-3H3,(H,34,40)(H,35,38)(H,36,39)/b29-17+. The van der Waals surface area contributed by atoms with Crippen LogP contribution in [-0.2, 0) is 9.59 Å². The molecule has 4 aromatic rings. The van der Waals surface area contributed by atoms with Crippen LogP contribution in [0.25, 0.3) is 6.08 Å². The van der Waals surface area contributed by atoms with E-state index >= 15 is 0 Å². The zero-order valence-corrected chi connectivity index (χ0v) is 25.5. The average molecular weight is 627 g/mol. The molecular formula is C33H30N4O7S. The van der Waals surface area contributed by atoms with E-state index in [0.717, 1.165) is 0 Å². The molecule has 0 spiro atoms. The quantitative estimate of drug-likeness (QED) is 0.0744. The number of benzene rings is 4. The van der Waals surface area contributed by atoms with E-state index < -0.39 is 16.7 Å². The number of hydrogen-bond acceptors (Lipinski definition) is 8. The number of rotatable bonds is 12. The van der Waals surface area contributed by atoms with Gasteiger partial charge in [0.1, 0.15) is 17.2 Å². The highest BCUT2D eigenvalue weighted by Crippen LogP contribution is 2.27. The molecule has 0 radical (unpaired) electrons. The number of nitrogens with one attached hydrogen (secondary N) is 3. The Kier molecular flexibility index (Phi) is 10.9. The van der Waals surface area contributed by atoms with Gasteiger partial charge in [0.25, 0.3) is 17.5 Å². The lowest BCUT2D eigenvalue weighted by Crippen LogP contribution is -2.30. The van der Waals surface area contributed by atoms with Gasteiger partial charge in [-0.25, -0.2) is 0 Å². The smallest absolute Gasteiger partial charge is 0.272 e.